The van der Waals surface area contributed by atoms with Gasteiger partial charge in [-0.25, -0.2) is 0 Å². The highest BCUT2D eigenvalue weighted by molar-refractivity contribution is 9.08. The lowest BCUT2D eigenvalue weighted by atomic mass is 10.2. The highest BCUT2D eigenvalue weighted by Crippen LogP contribution is 1.92. The molecule has 0 saturated heterocycles. The van der Waals surface area contributed by atoms with Crippen LogP contribution in [-0.4, -0.2) is 5.83 Å². The summed E-state index contributed by atoms with van der Waals surface area (Å²) in [5, 5.41) is 0. The van der Waals surface area contributed by atoms with Crippen LogP contribution in [0.4, 0.5) is 0 Å². The van der Waals surface area contributed by atoms with Crippen LogP contribution in [0.5, 0.6) is 0 Å². The van der Waals surface area contributed by atoms with E-state index in [1.165, 1.54) is 0 Å². The van der Waals surface area contributed by atoms with Crippen LogP contribution in [0.3, 0.4) is 0 Å². The van der Waals surface area contributed by atoms with Crippen LogP contribution in [0.2, 0.25) is 0 Å². The van der Waals surface area contributed by atoms with E-state index in [2.05, 4.69) is 22.9 Å². The van der Waals surface area contributed by atoms with Crippen molar-refractivity contribution in [1.29, 1.82) is 0 Å². The Morgan fingerprint density at radius 1 is 1.11 bits per heavy atom. The predicted octanol–water partition coefficient (Wildman–Crippen LogP) is 2.88. The van der Waals surface area contributed by atoms with Gasteiger partial charge < -0.3 is 0 Å². The molecule has 1 aromatic rings. The van der Waals surface area contributed by atoms with Crippen molar-refractivity contribution in [3.05, 3.63) is 42.8 Å². The Morgan fingerprint density at radius 3 is 1.78 bits per heavy atom. The molecule has 0 N–H and O–H groups in total. The molecule has 0 aliphatic rings. The zero-order valence-electron chi connectivity index (χ0n) is 5.47. The predicted molar refractivity (Wildman–Crippen MR) is 45.8 cm³/mol. The monoisotopic (exact) mass is 185 g/mol. The van der Waals surface area contributed by atoms with Gasteiger partial charge in [-0.2, -0.15) is 0 Å². The molecule has 0 nitrogen and oxygen atoms in total. The van der Waals surface area contributed by atoms with E-state index < -0.39 is 0 Å². The van der Waals surface area contributed by atoms with E-state index in [0.717, 1.165) is 5.56 Å². The Hall–Kier alpha value is -0.300. The summed E-state index contributed by atoms with van der Waals surface area (Å²) >= 11 is 2.94. The summed E-state index contributed by atoms with van der Waals surface area (Å²) in [4.78, 5) is 0. The molecule has 0 aromatic heterocycles. The van der Waals surface area contributed by atoms with Gasteiger partial charge in [0.1, 0.15) is 0 Å². The van der Waals surface area contributed by atoms with Crippen molar-refractivity contribution in [2.24, 2.45) is 0 Å². The normalized spacial score (nSPS) is 7.44. The Kier molecular flexibility index (Phi) is 5.64. The zero-order chi connectivity index (χ0) is 7.11. The molecule has 0 amide bonds. The van der Waals surface area contributed by atoms with Gasteiger partial charge in [0.2, 0.25) is 0 Å². The van der Waals surface area contributed by atoms with Gasteiger partial charge in [-0.15, -0.1) is 0 Å². The van der Waals surface area contributed by atoms with Crippen molar-refractivity contribution < 1.29 is 0 Å². The van der Waals surface area contributed by atoms with Crippen LogP contribution in [0.1, 0.15) is 5.56 Å². The van der Waals surface area contributed by atoms with E-state index in [1.54, 1.807) is 0 Å². The fourth-order valence-electron chi connectivity index (χ4n) is 0.478. The number of alkyl halides is 1. The standard InChI is InChI=1S/C7H7.CH3Br/c1-7-5-3-2-4-6-7;1-2/h2-6H,1H2;1H3. The Balaban J connectivity index is 0.000000291. The van der Waals surface area contributed by atoms with Crippen molar-refractivity contribution in [3.63, 3.8) is 0 Å². The highest BCUT2D eigenvalue weighted by Gasteiger charge is 1.72. The van der Waals surface area contributed by atoms with Crippen LogP contribution in [0.15, 0.2) is 30.3 Å². The molecule has 1 aromatic carbocycles. The van der Waals surface area contributed by atoms with Crippen LogP contribution < -0.4 is 0 Å². The summed E-state index contributed by atoms with van der Waals surface area (Å²) in [6.07, 6.45) is 0. The summed E-state index contributed by atoms with van der Waals surface area (Å²) in [7, 11) is 0. The number of halogens is 1. The number of rotatable bonds is 0. The lowest BCUT2D eigenvalue weighted by Crippen LogP contribution is -1.62. The molecule has 0 saturated carbocycles. The van der Waals surface area contributed by atoms with E-state index in [1.807, 2.05) is 36.2 Å². The molecule has 0 unspecified atom stereocenters. The number of hydrogen-bond acceptors (Lipinski definition) is 0. The van der Waals surface area contributed by atoms with Gasteiger partial charge in [0.25, 0.3) is 0 Å². The SMILES string of the molecule is CBr.[CH2]c1ccccc1. The van der Waals surface area contributed by atoms with Gasteiger partial charge in [0.05, 0.1) is 0 Å². The maximum Gasteiger partial charge on any atom is -0.00848 e. The van der Waals surface area contributed by atoms with Gasteiger partial charge in [-0.3, -0.25) is 0 Å². The maximum absolute atomic E-state index is 3.72. The third kappa shape index (κ3) is 4.22. The molecule has 9 heavy (non-hydrogen) atoms. The molecular weight excluding hydrogens is 176 g/mol. The van der Waals surface area contributed by atoms with Gasteiger partial charge in [0.15, 0.2) is 0 Å². The first-order valence-electron chi connectivity index (χ1n) is 2.64. The number of hydrogen-bond donors (Lipinski definition) is 0. The summed E-state index contributed by atoms with van der Waals surface area (Å²) in [5.41, 5.74) is 1.07. The molecule has 1 heteroatoms. The minimum absolute atomic E-state index is 1.07. The quantitative estimate of drug-likeness (QED) is 0.546. The lowest BCUT2D eigenvalue weighted by Gasteiger charge is -1.82. The summed E-state index contributed by atoms with van der Waals surface area (Å²) in [5.74, 6) is 1.81. The zero-order valence-corrected chi connectivity index (χ0v) is 7.06. The van der Waals surface area contributed by atoms with Crippen LogP contribution in [0.25, 0.3) is 0 Å². The largest absolute Gasteiger partial charge is 0.0966 e. The van der Waals surface area contributed by atoms with Crippen molar-refractivity contribution in [3.8, 4) is 0 Å². The minimum Gasteiger partial charge on any atom is -0.0966 e. The minimum atomic E-state index is 1.07. The second-order valence-corrected chi connectivity index (χ2v) is 1.49. The average molecular weight is 186 g/mol. The van der Waals surface area contributed by atoms with Gasteiger partial charge in [-0.1, -0.05) is 46.3 Å². The molecule has 0 spiro atoms. The summed E-state index contributed by atoms with van der Waals surface area (Å²) in [6, 6.07) is 9.87. The summed E-state index contributed by atoms with van der Waals surface area (Å²) < 4.78 is 0. The molecule has 1 radical (unpaired) electrons. The molecule has 0 heterocycles. The topological polar surface area (TPSA) is 0 Å². The summed E-state index contributed by atoms with van der Waals surface area (Å²) in [6.45, 7) is 3.72. The third-order valence-corrected chi connectivity index (χ3v) is 0.843. The molecule has 49 valence electrons. The molecule has 0 bridgehead atoms. The van der Waals surface area contributed by atoms with E-state index >= 15 is 0 Å². The van der Waals surface area contributed by atoms with E-state index in [4.69, 9.17) is 0 Å². The molecule has 0 aliphatic heterocycles. The van der Waals surface area contributed by atoms with Crippen molar-refractivity contribution >= 4 is 15.9 Å². The maximum atomic E-state index is 3.72. The van der Waals surface area contributed by atoms with E-state index in [-0.39, 0.29) is 0 Å². The second-order valence-electron chi connectivity index (χ2n) is 1.49. The molecule has 1 rings (SSSR count). The lowest BCUT2D eigenvalue weighted by molar-refractivity contribution is 1.62. The van der Waals surface area contributed by atoms with Crippen molar-refractivity contribution in [2.45, 2.75) is 0 Å². The van der Waals surface area contributed by atoms with Gasteiger partial charge in [-0.05, 0) is 18.3 Å². The Morgan fingerprint density at radius 2 is 1.56 bits per heavy atom. The second kappa shape index (κ2) is 5.83. The van der Waals surface area contributed by atoms with Crippen LogP contribution >= 0.6 is 15.9 Å². The number of benzene rings is 1. The highest BCUT2D eigenvalue weighted by atomic mass is 79.9. The fraction of sp³-hybridized carbons (Fsp3) is 0.125. The van der Waals surface area contributed by atoms with E-state index in [9.17, 15) is 0 Å². The Bertz CT molecular complexity index is 134. The average Bonchev–Trinajstić information content (AvgIpc) is 1.94. The molecule has 0 fully saturated rings. The van der Waals surface area contributed by atoms with Gasteiger partial charge >= 0.3 is 0 Å². The van der Waals surface area contributed by atoms with E-state index in [0.29, 0.717) is 0 Å². The first-order valence-corrected chi connectivity index (χ1v) is 4.23. The fourth-order valence-corrected chi connectivity index (χ4v) is 0.478. The van der Waals surface area contributed by atoms with Crippen LogP contribution in [0, 0.1) is 6.92 Å². The molecule has 0 atom stereocenters. The van der Waals surface area contributed by atoms with Gasteiger partial charge in [0, 0.05) is 0 Å². The smallest absolute Gasteiger partial charge is 0.00848 e. The first kappa shape index (κ1) is 8.70. The van der Waals surface area contributed by atoms with Crippen molar-refractivity contribution in [1.82, 2.24) is 0 Å². The van der Waals surface area contributed by atoms with Crippen molar-refractivity contribution in [2.75, 3.05) is 5.83 Å². The van der Waals surface area contributed by atoms with Crippen LogP contribution in [-0.2, 0) is 0 Å². The Labute approximate surface area is 65.0 Å². The molecular formula is C8H10Br. The first-order chi connectivity index (χ1) is 4.39. The third-order valence-electron chi connectivity index (χ3n) is 0.843. The molecule has 0 aliphatic carbocycles.